The quantitative estimate of drug-likeness (QED) is 0.921. The highest BCUT2D eigenvalue weighted by Gasteiger charge is 2.31. The highest BCUT2D eigenvalue weighted by Crippen LogP contribution is 2.32. The molecule has 2 aromatic heterocycles. The summed E-state index contributed by atoms with van der Waals surface area (Å²) in [5, 5.41) is 9.87. The average Bonchev–Trinajstić information content (AvgIpc) is 2.91. The Labute approximate surface area is 123 Å². The number of aromatic hydroxyl groups is 1. The maximum Gasteiger partial charge on any atom is 0.276 e. The topological polar surface area (TPSA) is 66.6 Å². The number of rotatable bonds is 2. The van der Waals surface area contributed by atoms with Crippen molar-refractivity contribution in [1.82, 2.24) is 9.88 Å². The highest BCUT2D eigenvalue weighted by molar-refractivity contribution is 5.95. The fourth-order valence-corrected chi connectivity index (χ4v) is 2.83. The summed E-state index contributed by atoms with van der Waals surface area (Å²) in [5.41, 5.74) is 0.107. The van der Waals surface area contributed by atoms with Crippen LogP contribution in [0.3, 0.4) is 0 Å². The smallest absolute Gasteiger partial charge is 0.276 e. The highest BCUT2D eigenvalue weighted by atomic mass is 16.3. The van der Waals surface area contributed by atoms with Crippen LogP contribution in [0, 0.1) is 0 Å². The minimum Gasteiger partial charge on any atom is -0.505 e. The van der Waals surface area contributed by atoms with Crippen molar-refractivity contribution in [2.24, 2.45) is 0 Å². The van der Waals surface area contributed by atoms with E-state index >= 15 is 0 Å². The molecule has 5 nitrogen and oxygen atoms in total. The molecule has 0 unspecified atom stereocenters. The number of pyridine rings is 1. The van der Waals surface area contributed by atoms with Crippen LogP contribution in [0.1, 0.15) is 48.0 Å². The molecule has 1 atom stereocenters. The van der Waals surface area contributed by atoms with Gasteiger partial charge in [-0.3, -0.25) is 4.79 Å². The first-order valence-electron chi connectivity index (χ1n) is 7.26. The molecule has 21 heavy (non-hydrogen) atoms. The zero-order chi connectivity index (χ0) is 14.7. The van der Waals surface area contributed by atoms with Crippen molar-refractivity contribution in [3.8, 4) is 5.75 Å². The van der Waals surface area contributed by atoms with Gasteiger partial charge in [0.25, 0.3) is 5.91 Å². The van der Waals surface area contributed by atoms with Crippen LogP contribution in [0.5, 0.6) is 5.75 Å². The van der Waals surface area contributed by atoms with Gasteiger partial charge in [-0.25, -0.2) is 4.98 Å². The Hall–Kier alpha value is -2.30. The van der Waals surface area contributed by atoms with Crippen molar-refractivity contribution in [2.45, 2.75) is 31.7 Å². The number of carbonyl (C=O) groups is 1. The molecule has 2 aromatic rings. The molecule has 1 amide bonds. The summed E-state index contributed by atoms with van der Waals surface area (Å²) in [6.07, 6.45) is 7.12. The minimum atomic E-state index is -0.239. The van der Waals surface area contributed by atoms with Crippen molar-refractivity contribution in [2.75, 3.05) is 6.54 Å². The van der Waals surface area contributed by atoms with Gasteiger partial charge >= 0.3 is 0 Å². The molecule has 110 valence electrons. The van der Waals surface area contributed by atoms with Crippen molar-refractivity contribution < 1.29 is 14.3 Å². The largest absolute Gasteiger partial charge is 0.505 e. The van der Waals surface area contributed by atoms with Gasteiger partial charge < -0.3 is 14.4 Å². The number of hydrogen-bond donors (Lipinski definition) is 1. The van der Waals surface area contributed by atoms with Gasteiger partial charge in [0.15, 0.2) is 5.69 Å². The lowest BCUT2D eigenvalue weighted by Gasteiger charge is -2.28. The second kappa shape index (κ2) is 5.99. The molecule has 0 spiro atoms. The minimum absolute atomic E-state index is 0.0788. The number of nitrogens with zero attached hydrogens (tertiary/aromatic N) is 2. The van der Waals surface area contributed by atoms with Gasteiger partial charge in [0.05, 0.1) is 12.3 Å². The van der Waals surface area contributed by atoms with Crippen LogP contribution in [0.4, 0.5) is 0 Å². The molecule has 3 rings (SSSR count). The second-order valence-corrected chi connectivity index (χ2v) is 5.25. The van der Waals surface area contributed by atoms with Crippen LogP contribution >= 0.6 is 0 Å². The van der Waals surface area contributed by atoms with Gasteiger partial charge in [0, 0.05) is 12.7 Å². The third-order valence-electron chi connectivity index (χ3n) is 3.87. The predicted molar refractivity (Wildman–Crippen MR) is 76.9 cm³/mol. The third-order valence-corrected chi connectivity index (χ3v) is 3.87. The normalized spacial score (nSPS) is 19.2. The Morgan fingerprint density at radius 2 is 2.19 bits per heavy atom. The fourth-order valence-electron chi connectivity index (χ4n) is 2.83. The number of aromatic nitrogens is 1. The van der Waals surface area contributed by atoms with E-state index in [-0.39, 0.29) is 23.4 Å². The zero-order valence-electron chi connectivity index (χ0n) is 11.7. The first-order chi connectivity index (χ1) is 10.3. The molecule has 1 aliphatic rings. The molecular formula is C16H18N2O3. The Bertz CT molecular complexity index is 610. The monoisotopic (exact) mass is 286 g/mol. The van der Waals surface area contributed by atoms with E-state index in [9.17, 15) is 9.90 Å². The second-order valence-electron chi connectivity index (χ2n) is 5.25. The number of likely N-dealkylation sites (tertiary alicyclic amines) is 1. The molecule has 1 aliphatic heterocycles. The van der Waals surface area contributed by atoms with Gasteiger partial charge in [-0.2, -0.15) is 0 Å². The maximum absolute atomic E-state index is 12.7. The average molecular weight is 286 g/mol. The molecule has 0 saturated carbocycles. The van der Waals surface area contributed by atoms with Gasteiger partial charge in [0.1, 0.15) is 11.5 Å². The van der Waals surface area contributed by atoms with Crippen molar-refractivity contribution >= 4 is 5.91 Å². The Kier molecular flexibility index (Phi) is 3.90. The summed E-state index contributed by atoms with van der Waals surface area (Å²) in [6, 6.07) is 6.74. The van der Waals surface area contributed by atoms with E-state index in [2.05, 4.69) is 4.98 Å². The predicted octanol–water partition coefficient (Wildman–Crippen LogP) is 3.14. The van der Waals surface area contributed by atoms with Gasteiger partial charge in [-0.05, 0) is 37.1 Å². The van der Waals surface area contributed by atoms with Crippen LogP contribution in [-0.4, -0.2) is 27.4 Å². The van der Waals surface area contributed by atoms with E-state index in [1.54, 1.807) is 17.2 Å². The molecule has 0 aliphatic carbocycles. The first kappa shape index (κ1) is 13.7. The van der Waals surface area contributed by atoms with Crippen molar-refractivity contribution in [3.05, 3.63) is 48.2 Å². The van der Waals surface area contributed by atoms with E-state index in [4.69, 9.17) is 4.42 Å². The summed E-state index contributed by atoms with van der Waals surface area (Å²) in [7, 11) is 0. The molecule has 0 radical (unpaired) electrons. The van der Waals surface area contributed by atoms with Gasteiger partial charge in [-0.1, -0.05) is 12.8 Å². The zero-order valence-corrected chi connectivity index (χ0v) is 11.7. The SMILES string of the molecule is O=C(c1ncccc1O)N1CCCCC[C@H]1c1ccco1. The lowest BCUT2D eigenvalue weighted by molar-refractivity contribution is 0.0649. The Morgan fingerprint density at radius 3 is 2.95 bits per heavy atom. The van der Waals surface area contributed by atoms with E-state index < -0.39 is 0 Å². The number of hydrogen-bond acceptors (Lipinski definition) is 4. The van der Waals surface area contributed by atoms with Crippen LogP contribution in [0.2, 0.25) is 0 Å². The van der Waals surface area contributed by atoms with Crippen LogP contribution < -0.4 is 0 Å². The fraction of sp³-hybridized carbons (Fsp3) is 0.375. The summed E-state index contributed by atoms with van der Waals surface area (Å²) in [5.74, 6) is 0.474. The molecular weight excluding hydrogens is 268 g/mol. The molecule has 0 bridgehead atoms. The number of amides is 1. The summed E-state index contributed by atoms with van der Waals surface area (Å²) < 4.78 is 5.50. The van der Waals surface area contributed by atoms with Gasteiger partial charge in [-0.15, -0.1) is 0 Å². The van der Waals surface area contributed by atoms with Crippen LogP contribution in [0.15, 0.2) is 41.1 Å². The van der Waals surface area contributed by atoms with Crippen LogP contribution in [0.25, 0.3) is 0 Å². The van der Waals surface area contributed by atoms with E-state index in [0.717, 1.165) is 31.4 Å². The molecule has 0 aromatic carbocycles. The lowest BCUT2D eigenvalue weighted by atomic mass is 10.1. The molecule has 5 heteroatoms. The number of carbonyl (C=O) groups excluding carboxylic acids is 1. The number of furan rings is 1. The van der Waals surface area contributed by atoms with Crippen LogP contribution in [-0.2, 0) is 0 Å². The van der Waals surface area contributed by atoms with E-state index in [1.165, 1.54) is 12.3 Å². The third kappa shape index (κ3) is 2.77. The lowest BCUT2D eigenvalue weighted by Crippen LogP contribution is -2.35. The van der Waals surface area contributed by atoms with E-state index in [0.29, 0.717) is 6.54 Å². The maximum atomic E-state index is 12.7. The van der Waals surface area contributed by atoms with Gasteiger partial charge in [0.2, 0.25) is 0 Å². The summed E-state index contributed by atoms with van der Waals surface area (Å²) in [4.78, 5) is 18.5. The van der Waals surface area contributed by atoms with Crippen molar-refractivity contribution in [3.63, 3.8) is 0 Å². The van der Waals surface area contributed by atoms with E-state index in [1.807, 2.05) is 12.1 Å². The Morgan fingerprint density at radius 1 is 1.29 bits per heavy atom. The summed E-state index contributed by atoms with van der Waals surface area (Å²) in [6.45, 7) is 0.653. The first-order valence-corrected chi connectivity index (χ1v) is 7.26. The molecule has 1 N–H and O–H groups in total. The Balaban J connectivity index is 1.93. The summed E-state index contributed by atoms with van der Waals surface area (Å²) >= 11 is 0. The molecule has 3 heterocycles. The standard InChI is InChI=1S/C16H18N2O3/c19-13-7-4-9-17-15(13)16(20)18-10-3-1-2-6-12(18)14-8-5-11-21-14/h4-5,7-9,11-12,19H,1-3,6,10H2/t12-/m0/s1. The molecule has 1 saturated heterocycles. The molecule has 1 fully saturated rings. The van der Waals surface area contributed by atoms with Crippen molar-refractivity contribution in [1.29, 1.82) is 0 Å².